The molecule has 2 N–H and O–H groups in total. The van der Waals surface area contributed by atoms with Gasteiger partial charge in [0.05, 0.1) is 13.7 Å². The summed E-state index contributed by atoms with van der Waals surface area (Å²) in [5.41, 5.74) is 0.622. The first kappa shape index (κ1) is 12.3. The van der Waals surface area contributed by atoms with Gasteiger partial charge in [-0.1, -0.05) is 0 Å². The summed E-state index contributed by atoms with van der Waals surface area (Å²) < 4.78 is 18.6. The van der Waals surface area contributed by atoms with Crippen LogP contribution in [0.3, 0.4) is 0 Å². The van der Waals surface area contributed by atoms with Gasteiger partial charge in [0.1, 0.15) is 11.6 Å². The van der Waals surface area contributed by atoms with Crippen molar-refractivity contribution in [2.75, 3.05) is 20.8 Å². The lowest BCUT2D eigenvalue weighted by atomic mass is 9.90. The van der Waals surface area contributed by atoms with E-state index in [9.17, 15) is 9.50 Å². The summed E-state index contributed by atoms with van der Waals surface area (Å²) in [6, 6.07) is 4.42. The van der Waals surface area contributed by atoms with Gasteiger partial charge in [0, 0.05) is 17.0 Å². The minimum atomic E-state index is -0.283. The highest BCUT2D eigenvalue weighted by molar-refractivity contribution is 5.38. The van der Waals surface area contributed by atoms with E-state index in [1.165, 1.54) is 12.1 Å². The van der Waals surface area contributed by atoms with Crippen LogP contribution in [0, 0.1) is 11.2 Å². The number of aliphatic hydroxyl groups excluding tert-OH is 1. The van der Waals surface area contributed by atoms with Crippen molar-refractivity contribution in [2.45, 2.75) is 18.9 Å². The van der Waals surface area contributed by atoms with E-state index in [4.69, 9.17) is 4.74 Å². The fourth-order valence-electron chi connectivity index (χ4n) is 2.42. The molecule has 1 saturated carbocycles. The van der Waals surface area contributed by atoms with Crippen LogP contribution in [-0.2, 0) is 0 Å². The van der Waals surface area contributed by atoms with Crippen molar-refractivity contribution in [1.29, 1.82) is 0 Å². The molecule has 0 aliphatic heterocycles. The Labute approximate surface area is 101 Å². The van der Waals surface area contributed by atoms with E-state index in [0.29, 0.717) is 5.75 Å². The number of rotatable bonds is 5. The number of ether oxygens (including phenoxy) is 1. The lowest BCUT2D eigenvalue weighted by Crippen LogP contribution is -2.29. The van der Waals surface area contributed by atoms with Crippen LogP contribution >= 0.6 is 0 Å². The zero-order valence-electron chi connectivity index (χ0n) is 10.2. The van der Waals surface area contributed by atoms with E-state index in [1.54, 1.807) is 13.2 Å². The largest absolute Gasteiger partial charge is 0.496 e. The van der Waals surface area contributed by atoms with E-state index in [2.05, 4.69) is 5.32 Å². The highest BCUT2D eigenvalue weighted by Crippen LogP contribution is 2.55. The van der Waals surface area contributed by atoms with Gasteiger partial charge >= 0.3 is 0 Å². The Hall–Kier alpha value is -1.13. The average molecular weight is 239 g/mol. The molecule has 1 aromatic rings. The minimum Gasteiger partial charge on any atom is -0.496 e. The Bertz CT molecular complexity index is 404. The summed E-state index contributed by atoms with van der Waals surface area (Å²) in [6.07, 6.45) is 1.91. The van der Waals surface area contributed by atoms with Crippen molar-refractivity contribution in [2.24, 2.45) is 5.41 Å². The summed E-state index contributed by atoms with van der Waals surface area (Å²) in [5.74, 6) is 0.375. The molecule has 0 saturated heterocycles. The van der Waals surface area contributed by atoms with Gasteiger partial charge in [-0.2, -0.15) is 0 Å². The minimum absolute atomic E-state index is 0.0712. The van der Waals surface area contributed by atoms with E-state index in [1.807, 2.05) is 7.05 Å². The van der Waals surface area contributed by atoms with Gasteiger partial charge in [0.25, 0.3) is 0 Å². The molecule has 1 fully saturated rings. The van der Waals surface area contributed by atoms with Crippen LogP contribution in [0.2, 0.25) is 0 Å². The van der Waals surface area contributed by atoms with Gasteiger partial charge in [-0.05, 0) is 38.1 Å². The summed E-state index contributed by atoms with van der Waals surface area (Å²) in [7, 11) is 3.40. The Kier molecular flexibility index (Phi) is 3.35. The second kappa shape index (κ2) is 4.63. The molecule has 0 bridgehead atoms. The Morgan fingerprint density at radius 1 is 1.53 bits per heavy atom. The standard InChI is InChI=1S/C13H18FNO2/c1-15-12(13(8-16)5-6-13)10-7-9(14)3-4-11(10)17-2/h3-4,7,12,15-16H,5-6,8H2,1-2H3. The SMILES string of the molecule is CNC(c1cc(F)ccc1OC)C1(CO)CC1. The predicted octanol–water partition coefficient (Wildman–Crippen LogP) is 1.87. The molecule has 0 amide bonds. The molecule has 17 heavy (non-hydrogen) atoms. The summed E-state index contributed by atoms with van der Waals surface area (Å²) in [4.78, 5) is 0. The lowest BCUT2D eigenvalue weighted by Gasteiger charge is -2.26. The van der Waals surface area contributed by atoms with Crippen LogP contribution in [0.1, 0.15) is 24.4 Å². The third-order valence-corrected chi connectivity index (χ3v) is 3.61. The number of aliphatic hydroxyl groups is 1. The molecule has 0 radical (unpaired) electrons. The maximum atomic E-state index is 13.3. The van der Waals surface area contributed by atoms with Crippen molar-refractivity contribution in [3.63, 3.8) is 0 Å². The third kappa shape index (κ3) is 2.15. The maximum absolute atomic E-state index is 13.3. The second-order valence-corrected chi connectivity index (χ2v) is 4.63. The molecule has 0 heterocycles. The molecule has 4 heteroatoms. The Morgan fingerprint density at radius 3 is 2.71 bits per heavy atom. The fraction of sp³-hybridized carbons (Fsp3) is 0.538. The third-order valence-electron chi connectivity index (χ3n) is 3.61. The highest BCUT2D eigenvalue weighted by Gasteiger charge is 2.49. The van der Waals surface area contributed by atoms with Crippen molar-refractivity contribution in [3.8, 4) is 5.75 Å². The average Bonchev–Trinajstić information content (AvgIpc) is 3.11. The predicted molar refractivity (Wildman–Crippen MR) is 63.5 cm³/mol. The molecule has 1 atom stereocenters. The monoisotopic (exact) mass is 239 g/mol. The molecule has 3 nitrogen and oxygen atoms in total. The van der Waals surface area contributed by atoms with Crippen LogP contribution in [0.4, 0.5) is 4.39 Å². The molecule has 0 spiro atoms. The van der Waals surface area contributed by atoms with Crippen LogP contribution < -0.4 is 10.1 Å². The molecule has 94 valence electrons. The molecular formula is C13H18FNO2. The van der Waals surface area contributed by atoms with Crippen LogP contribution in [-0.4, -0.2) is 25.9 Å². The first-order chi connectivity index (χ1) is 8.16. The Balaban J connectivity index is 2.39. The quantitative estimate of drug-likeness (QED) is 0.824. The summed E-state index contributed by atoms with van der Waals surface area (Å²) in [5, 5.41) is 12.6. The maximum Gasteiger partial charge on any atom is 0.123 e. The molecule has 1 unspecified atom stereocenters. The molecule has 2 rings (SSSR count). The smallest absolute Gasteiger partial charge is 0.123 e. The molecule has 0 aromatic heterocycles. The normalized spacial score (nSPS) is 18.8. The first-order valence-corrected chi connectivity index (χ1v) is 5.78. The second-order valence-electron chi connectivity index (χ2n) is 4.63. The van der Waals surface area contributed by atoms with Crippen LogP contribution in [0.5, 0.6) is 5.75 Å². The van der Waals surface area contributed by atoms with Gasteiger partial charge in [-0.25, -0.2) is 4.39 Å². The number of hydrogen-bond acceptors (Lipinski definition) is 3. The lowest BCUT2D eigenvalue weighted by molar-refractivity contribution is 0.173. The van der Waals surface area contributed by atoms with Crippen LogP contribution in [0.25, 0.3) is 0 Å². The van der Waals surface area contributed by atoms with Crippen molar-refractivity contribution < 1.29 is 14.2 Å². The number of nitrogens with one attached hydrogen (secondary N) is 1. The Morgan fingerprint density at radius 2 is 2.24 bits per heavy atom. The van der Waals surface area contributed by atoms with Crippen LogP contribution in [0.15, 0.2) is 18.2 Å². The molecule has 1 aromatic carbocycles. The van der Waals surface area contributed by atoms with E-state index >= 15 is 0 Å². The van der Waals surface area contributed by atoms with Gasteiger partial charge in [-0.15, -0.1) is 0 Å². The van der Waals surface area contributed by atoms with Gasteiger partial charge in [0.15, 0.2) is 0 Å². The first-order valence-electron chi connectivity index (χ1n) is 5.78. The molecule has 1 aliphatic rings. The van der Waals surface area contributed by atoms with E-state index in [0.717, 1.165) is 18.4 Å². The zero-order chi connectivity index (χ0) is 12.5. The van der Waals surface area contributed by atoms with Crippen molar-refractivity contribution in [3.05, 3.63) is 29.6 Å². The number of halogens is 1. The topological polar surface area (TPSA) is 41.5 Å². The van der Waals surface area contributed by atoms with E-state index in [-0.39, 0.29) is 23.9 Å². The van der Waals surface area contributed by atoms with Crippen molar-refractivity contribution in [1.82, 2.24) is 5.32 Å². The number of hydrogen-bond donors (Lipinski definition) is 2. The van der Waals surface area contributed by atoms with Gasteiger partial charge < -0.3 is 15.2 Å². The van der Waals surface area contributed by atoms with Gasteiger partial charge in [-0.3, -0.25) is 0 Å². The molecular weight excluding hydrogens is 221 g/mol. The summed E-state index contributed by atoms with van der Waals surface area (Å²) >= 11 is 0. The number of benzene rings is 1. The van der Waals surface area contributed by atoms with Crippen molar-refractivity contribution >= 4 is 0 Å². The summed E-state index contributed by atoms with van der Waals surface area (Å²) in [6.45, 7) is 0.109. The fourth-order valence-corrected chi connectivity index (χ4v) is 2.42. The van der Waals surface area contributed by atoms with E-state index < -0.39 is 0 Å². The highest BCUT2D eigenvalue weighted by atomic mass is 19.1. The molecule has 1 aliphatic carbocycles. The number of methoxy groups -OCH3 is 1. The van der Waals surface area contributed by atoms with Gasteiger partial charge in [0.2, 0.25) is 0 Å². The zero-order valence-corrected chi connectivity index (χ0v) is 10.2.